The lowest BCUT2D eigenvalue weighted by Crippen LogP contribution is -2.35. The maximum absolute atomic E-state index is 13.1. The summed E-state index contributed by atoms with van der Waals surface area (Å²) in [7, 11) is 0. The molecule has 4 N–H and O–H groups in total. The number of anilines is 1. The lowest BCUT2D eigenvalue weighted by Gasteiger charge is -2.25. The highest BCUT2D eigenvalue weighted by atomic mass is 35.5. The van der Waals surface area contributed by atoms with E-state index in [1.807, 2.05) is 11.0 Å². The van der Waals surface area contributed by atoms with Gasteiger partial charge in [0.05, 0.1) is 34.7 Å². The molecule has 8 nitrogen and oxygen atoms in total. The van der Waals surface area contributed by atoms with Crippen molar-refractivity contribution in [1.82, 2.24) is 10.3 Å². The van der Waals surface area contributed by atoms with Crippen LogP contribution in [0.2, 0.25) is 5.02 Å². The molecule has 1 aromatic heterocycles. The van der Waals surface area contributed by atoms with Crippen molar-refractivity contribution in [2.45, 2.75) is 45.7 Å². The summed E-state index contributed by atoms with van der Waals surface area (Å²) in [6.07, 6.45) is -4.77. The Kier molecular flexibility index (Phi) is 11.0. The minimum atomic E-state index is -4.64. The van der Waals surface area contributed by atoms with Crippen molar-refractivity contribution >= 4 is 46.7 Å². The zero-order valence-corrected chi connectivity index (χ0v) is 24.1. The highest BCUT2D eigenvalue weighted by Gasteiger charge is 2.33. The molecule has 2 atom stereocenters. The van der Waals surface area contributed by atoms with Crippen molar-refractivity contribution in [3.63, 3.8) is 0 Å². The molecule has 2 unspecified atom stereocenters. The fraction of sp³-hybridized carbons (Fsp3) is 0.321. The predicted octanol–water partition coefficient (Wildman–Crippen LogP) is 5.31. The number of rotatable bonds is 11. The molecule has 3 aromatic rings. The van der Waals surface area contributed by atoms with Crippen molar-refractivity contribution in [2.24, 2.45) is 5.10 Å². The molecule has 0 aliphatic carbocycles. The van der Waals surface area contributed by atoms with Crippen molar-refractivity contribution in [1.29, 1.82) is 0 Å². The van der Waals surface area contributed by atoms with Crippen molar-refractivity contribution in [3.8, 4) is 0 Å². The van der Waals surface area contributed by atoms with Crippen LogP contribution >= 0.6 is 22.9 Å². The number of amides is 2. The van der Waals surface area contributed by atoms with Gasteiger partial charge in [-0.15, -0.1) is 11.3 Å². The second-order valence-corrected chi connectivity index (χ2v) is 10.9. The van der Waals surface area contributed by atoms with Gasteiger partial charge in [-0.1, -0.05) is 29.8 Å². The zero-order valence-electron chi connectivity index (χ0n) is 22.5. The summed E-state index contributed by atoms with van der Waals surface area (Å²) in [5.74, 6) is -1.11. The summed E-state index contributed by atoms with van der Waals surface area (Å²) in [4.78, 5) is 28.0. The van der Waals surface area contributed by atoms with Crippen LogP contribution < -0.4 is 10.7 Å². The maximum Gasteiger partial charge on any atom is 0.417 e. The summed E-state index contributed by atoms with van der Waals surface area (Å²) in [6, 6.07) is 10.1. The van der Waals surface area contributed by atoms with Crippen LogP contribution in [0.4, 0.5) is 18.9 Å². The molecule has 0 saturated heterocycles. The Labute approximate surface area is 244 Å². The largest absolute Gasteiger partial charge is 0.417 e. The van der Waals surface area contributed by atoms with Crippen molar-refractivity contribution in [3.05, 3.63) is 85.6 Å². The molecule has 220 valence electrons. The average molecular weight is 611 g/mol. The number of halogens is 4. The molecule has 0 aliphatic heterocycles. The van der Waals surface area contributed by atoms with Gasteiger partial charge in [0.25, 0.3) is 11.8 Å². The minimum absolute atomic E-state index is 0.0817. The second kappa shape index (κ2) is 14.1. The molecule has 0 fully saturated rings. The number of aliphatic hydroxyl groups excluding tert-OH is 2. The van der Waals surface area contributed by atoms with Gasteiger partial charge in [-0.25, -0.2) is 5.43 Å². The number of benzene rings is 2. The van der Waals surface area contributed by atoms with E-state index in [9.17, 15) is 33.0 Å². The third-order valence-corrected chi connectivity index (χ3v) is 7.16. The summed E-state index contributed by atoms with van der Waals surface area (Å²) >= 11 is 6.71. The fourth-order valence-corrected chi connectivity index (χ4v) is 5.15. The van der Waals surface area contributed by atoms with E-state index in [1.165, 1.54) is 6.07 Å². The molecule has 3 rings (SSSR count). The van der Waals surface area contributed by atoms with E-state index in [2.05, 4.69) is 15.8 Å². The number of thiophene rings is 1. The standard InChI is InChI=1S/C28H30ClF3N4O4S/c1-16-15-41-25(27(40)35-33-11-19-7-8-23(29)22(10-19)28(30,31)32)24(16)34-26(39)21-6-4-5-20(9-21)14-36(12-17(2)37)13-18(3)38/h4-11,15,17-18,37-38H,12-14H2,1-3H3,(H,34,39)(H,35,40). The Bertz CT molecular complexity index is 1400. The molecule has 0 spiro atoms. The van der Waals surface area contributed by atoms with Crippen LogP contribution in [-0.4, -0.2) is 58.4 Å². The fourth-order valence-electron chi connectivity index (χ4n) is 4.03. The predicted molar refractivity (Wildman–Crippen MR) is 154 cm³/mol. The highest BCUT2D eigenvalue weighted by Crippen LogP contribution is 2.35. The summed E-state index contributed by atoms with van der Waals surface area (Å²) in [6.45, 7) is 6.12. The van der Waals surface area contributed by atoms with Gasteiger partial charge in [0.2, 0.25) is 0 Å². The highest BCUT2D eigenvalue weighted by molar-refractivity contribution is 7.13. The van der Waals surface area contributed by atoms with Crippen molar-refractivity contribution < 1.29 is 33.0 Å². The van der Waals surface area contributed by atoms with Crippen molar-refractivity contribution in [2.75, 3.05) is 18.4 Å². The van der Waals surface area contributed by atoms with E-state index < -0.39 is 40.8 Å². The van der Waals surface area contributed by atoms with Gasteiger partial charge in [0, 0.05) is 25.2 Å². The Balaban J connectivity index is 1.71. The van der Waals surface area contributed by atoms with E-state index >= 15 is 0 Å². The number of carbonyl (C=O) groups is 2. The quantitative estimate of drug-likeness (QED) is 0.174. The minimum Gasteiger partial charge on any atom is -0.392 e. The maximum atomic E-state index is 13.1. The number of nitrogens with one attached hydrogen (secondary N) is 2. The molecule has 41 heavy (non-hydrogen) atoms. The number of aliphatic hydroxyl groups is 2. The number of carbonyl (C=O) groups excluding carboxylic acids is 2. The van der Waals surface area contributed by atoms with Gasteiger partial charge < -0.3 is 15.5 Å². The SMILES string of the molecule is Cc1csc(C(=O)NN=Cc2ccc(Cl)c(C(F)(F)F)c2)c1NC(=O)c1cccc(CN(CC(C)O)CC(C)O)c1. The van der Waals surface area contributed by atoms with E-state index in [0.29, 0.717) is 30.8 Å². The topological polar surface area (TPSA) is 114 Å². The Morgan fingerprint density at radius 3 is 2.41 bits per heavy atom. The van der Waals surface area contributed by atoms with Crippen LogP contribution in [0.1, 0.15) is 56.1 Å². The number of hydrogen-bond donors (Lipinski definition) is 4. The first-order chi connectivity index (χ1) is 19.2. The molecule has 1 heterocycles. The monoisotopic (exact) mass is 610 g/mol. The Hall–Kier alpha value is -3.29. The molecule has 0 saturated carbocycles. The number of nitrogens with zero attached hydrogens (tertiary/aromatic N) is 2. The van der Waals surface area contributed by atoms with Crippen LogP contribution in [0.15, 0.2) is 52.9 Å². The van der Waals surface area contributed by atoms with Gasteiger partial charge in [0.15, 0.2) is 0 Å². The summed E-state index contributed by atoms with van der Waals surface area (Å²) < 4.78 is 39.3. The van der Waals surface area contributed by atoms with E-state index in [1.54, 1.807) is 44.4 Å². The third kappa shape index (κ3) is 9.37. The molecule has 13 heteroatoms. The lowest BCUT2D eigenvalue weighted by atomic mass is 10.1. The molecular weight excluding hydrogens is 581 g/mol. The van der Waals surface area contributed by atoms with Crippen LogP contribution in [0, 0.1) is 6.92 Å². The van der Waals surface area contributed by atoms with Gasteiger partial charge in [-0.2, -0.15) is 18.3 Å². The smallest absolute Gasteiger partial charge is 0.392 e. The third-order valence-electron chi connectivity index (χ3n) is 5.74. The van der Waals surface area contributed by atoms with Crippen LogP contribution in [-0.2, 0) is 12.7 Å². The molecule has 0 radical (unpaired) electrons. The first kappa shape index (κ1) is 32.2. The van der Waals surface area contributed by atoms with Gasteiger partial charge >= 0.3 is 6.18 Å². The van der Waals surface area contributed by atoms with Gasteiger partial charge in [-0.3, -0.25) is 14.5 Å². The number of hydrazone groups is 1. The van der Waals surface area contributed by atoms with Gasteiger partial charge in [-0.05, 0) is 67.1 Å². The molecule has 2 amide bonds. The first-order valence-electron chi connectivity index (χ1n) is 12.5. The number of hydrogen-bond acceptors (Lipinski definition) is 7. The molecular formula is C28H30ClF3N4O4S. The first-order valence-corrected chi connectivity index (χ1v) is 13.8. The average Bonchev–Trinajstić information content (AvgIpc) is 3.23. The summed E-state index contributed by atoms with van der Waals surface area (Å²) in [5, 5.41) is 27.3. The Morgan fingerprint density at radius 2 is 1.78 bits per heavy atom. The molecule has 0 aliphatic rings. The van der Waals surface area contributed by atoms with Crippen LogP contribution in [0.3, 0.4) is 0 Å². The number of alkyl halides is 3. The van der Waals surface area contributed by atoms with Crippen LogP contribution in [0.25, 0.3) is 0 Å². The van der Waals surface area contributed by atoms with E-state index in [4.69, 9.17) is 11.6 Å². The van der Waals surface area contributed by atoms with E-state index in [-0.39, 0.29) is 16.1 Å². The summed E-state index contributed by atoms with van der Waals surface area (Å²) in [5.41, 5.74) is 3.41. The van der Waals surface area contributed by atoms with E-state index in [0.717, 1.165) is 35.2 Å². The van der Waals surface area contributed by atoms with Gasteiger partial charge in [0.1, 0.15) is 4.88 Å². The second-order valence-electron chi connectivity index (χ2n) is 9.61. The normalized spacial score (nSPS) is 13.4. The number of aryl methyl sites for hydroxylation is 1. The molecule has 2 aromatic carbocycles. The van der Waals surface area contributed by atoms with Crippen LogP contribution in [0.5, 0.6) is 0 Å². The Morgan fingerprint density at radius 1 is 1.10 bits per heavy atom. The lowest BCUT2D eigenvalue weighted by molar-refractivity contribution is -0.137. The molecule has 0 bridgehead atoms. The zero-order chi connectivity index (χ0) is 30.3.